The summed E-state index contributed by atoms with van der Waals surface area (Å²) in [5.74, 6) is -0.933. The van der Waals surface area contributed by atoms with Gasteiger partial charge in [0.1, 0.15) is 46.0 Å². The number of aryl methyl sites for hydroxylation is 1. The predicted octanol–water partition coefficient (Wildman–Crippen LogP) is 15.0. The number of methoxy groups -OCH3 is 2. The number of ether oxygens (including phenoxy) is 4. The van der Waals surface area contributed by atoms with Crippen LogP contribution in [0, 0.1) is 31.6 Å². The van der Waals surface area contributed by atoms with Gasteiger partial charge in [-0.3, -0.25) is 34.5 Å². The average molecular weight is 1300 g/mol. The summed E-state index contributed by atoms with van der Waals surface area (Å²) in [4.78, 5) is 61.0. The molecular weight excluding hydrogens is 1260 g/mol. The number of pyridine rings is 1. The Labute approximate surface area is 499 Å². The number of nitrogens with one attached hydrogen (secondary N) is 1. The van der Waals surface area contributed by atoms with Crippen molar-refractivity contribution in [1.29, 1.82) is 5.26 Å². The molecule has 3 heterocycles. The summed E-state index contributed by atoms with van der Waals surface area (Å²) in [6.45, 7) is 1.68. The molecule has 0 saturated heterocycles. The number of para-hydroxylation sites is 2. The van der Waals surface area contributed by atoms with Gasteiger partial charge in [-0.15, -0.1) is 0 Å². The normalized spacial score (nSPS) is 11.7. The number of hydrogen-bond acceptors (Lipinski definition) is 17. The number of nitriles is 1. The number of nitro groups is 2. The number of carbonyl (C=O) groups excluding carboxylic acids is 2. The van der Waals surface area contributed by atoms with Gasteiger partial charge in [-0.25, -0.2) is 33.6 Å². The molecule has 0 bridgehead atoms. The fourth-order valence-electron chi connectivity index (χ4n) is 7.17. The molecule has 1 unspecified atom stereocenters. The second kappa shape index (κ2) is 29.2. The Hall–Kier alpha value is -8.66. The topological polar surface area (TPSA) is 262 Å². The molecule has 21 nitrogen and oxygen atoms in total. The molecule has 0 spiro atoms. The van der Waals surface area contributed by atoms with Crippen molar-refractivity contribution in [2.24, 2.45) is 7.05 Å². The Morgan fingerprint density at radius 2 is 1.42 bits per heavy atom. The van der Waals surface area contributed by atoms with E-state index in [0.29, 0.717) is 49.3 Å². The van der Waals surface area contributed by atoms with E-state index in [2.05, 4.69) is 26.1 Å². The summed E-state index contributed by atoms with van der Waals surface area (Å²) >= 11 is 29.3. The van der Waals surface area contributed by atoms with Crippen LogP contribution in [-0.4, -0.2) is 78.9 Å². The number of rotatable bonds is 17. The van der Waals surface area contributed by atoms with E-state index in [0.717, 1.165) is 9.75 Å². The third-order valence-corrected chi connectivity index (χ3v) is 12.4. The van der Waals surface area contributed by atoms with Crippen LogP contribution < -0.4 is 14.8 Å². The molecule has 448 valence electrons. The highest BCUT2D eigenvalue weighted by Crippen LogP contribution is 2.49. The number of hydrogen-bond donors (Lipinski definition) is 1. The van der Waals surface area contributed by atoms with Crippen LogP contribution in [0.15, 0.2) is 104 Å². The van der Waals surface area contributed by atoms with E-state index in [1.54, 1.807) is 55.5 Å². The minimum absolute atomic E-state index is 0.0599. The number of anilines is 2. The monoisotopic (exact) mass is 1290 g/mol. The number of nitro benzene ring substituents is 2. The number of esters is 1. The van der Waals surface area contributed by atoms with Gasteiger partial charge in [0.15, 0.2) is 5.69 Å². The van der Waals surface area contributed by atoms with Crippen molar-refractivity contribution in [1.82, 2.24) is 29.8 Å². The third kappa shape index (κ3) is 17.2. The molecule has 7 rings (SSSR count). The summed E-state index contributed by atoms with van der Waals surface area (Å²) in [5.41, 5.74) is -6.51. The lowest BCUT2D eigenvalue weighted by Gasteiger charge is -2.27. The van der Waals surface area contributed by atoms with E-state index < -0.39 is 96.3 Å². The first-order valence-electron chi connectivity index (χ1n) is 23.1. The SMILES string of the molecule is CO/C=C(/C(=O)OC)c1ccccc1Oc1cc(Oc2ccccc2C#N)ncn1.CON(C(=O)c1cn(C)nc1C(F)F)C(C)Cc1c(Cl)cc(Cl)cc1Cl.O=[N+]([O-])c1cc(C(F)(F)F)c(Cl)c([N+](=O)[O-])c1Nc1ncc(C(F)(F)F)cc1Cl. The largest absolute Gasteiger partial charge is 0.503 e. The van der Waals surface area contributed by atoms with Crippen molar-refractivity contribution < 1.29 is 78.3 Å². The minimum Gasteiger partial charge on any atom is -0.503 e. The first-order chi connectivity index (χ1) is 39.9. The fourth-order valence-corrected chi connectivity index (χ4v) is 8.68. The van der Waals surface area contributed by atoms with Gasteiger partial charge in [0.25, 0.3) is 12.3 Å². The predicted molar refractivity (Wildman–Crippen MR) is 290 cm³/mol. The van der Waals surface area contributed by atoms with E-state index in [-0.39, 0.29) is 41.6 Å². The highest BCUT2D eigenvalue weighted by Gasteiger charge is 2.43. The number of hydroxylamine groups is 2. The Bertz CT molecular complexity index is 3680. The van der Waals surface area contributed by atoms with Gasteiger partial charge in [-0.1, -0.05) is 88.3 Å². The molecule has 0 radical (unpaired) electrons. The van der Waals surface area contributed by atoms with Crippen LogP contribution in [0.4, 0.5) is 58.0 Å². The maximum Gasteiger partial charge on any atom is 0.418 e. The van der Waals surface area contributed by atoms with Crippen LogP contribution in [0.25, 0.3) is 5.57 Å². The van der Waals surface area contributed by atoms with Gasteiger partial charge in [0.05, 0.1) is 76.8 Å². The number of alkyl halides is 8. The van der Waals surface area contributed by atoms with E-state index in [1.165, 1.54) is 65.4 Å². The van der Waals surface area contributed by atoms with Crippen LogP contribution in [0.2, 0.25) is 25.1 Å². The summed E-state index contributed by atoms with van der Waals surface area (Å²) < 4.78 is 126. The summed E-state index contributed by atoms with van der Waals surface area (Å²) in [7, 11) is 5.44. The molecule has 1 atom stereocenters. The maximum absolute atomic E-state index is 13.1. The summed E-state index contributed by atoms with van der Waals surface area (Å²) in [6.07, 6.45) is -8.72. The zero-order valence-electron chi connectivity index (χ0n) is 43.6. The van der Waals surface area contributed by atoms with Gasteiger partial charge in [0, 0.05) is 46.1 Å². The lowest BCUT2D eigenvalue weighted by Crippen LogP contribution is -2.39. The lowest BCUT2D eigenvalue weighted by molar-refractivity contribution is -0.392. The standard InChI is InChI=1S/C22H17N3O5.C16H16Cl3F2N3O2.C13H4Cl2F6N4O4/c1-27-13-17(22(26)28-2)16-8-4-6-10-19(16)30-21-11-20(24-14-25-21)29-18-9-5-3-7-15(18)12-23;1-8(4-10-12(18)5-9(17)6-13(10)19)24(26-3)16(25)11-7-23(2)22-14(11)15(20)21;14-6-1-4(12(16,17)18)3-22-11(6)23-9-7(24(26)27)2-5(13(19,20)21)8(15)10(9)25(28)29/h3-11,13-14H,1-2H3;5-8,15H,4H2,1-3H3;1-3H,(H,22,23)/b17-13+;;. The number of amides is 1. The Balaban J connectivity index is 0.000000234. The Morgan fingerprint density at radius 3 is 1.95 bits per heavy atom. The van der Waals surface area contributed by atoms with E-state index in [1.807, 2.05) is 5.32 Å². The fraction of sp³-hybridized carbons (Fsp3) is 0.196. The smallest absolute Gasteiger partial charge is 0.418 e. The Morgan fingerprint density at radius 1 is 0.824 bits per heavy atom. The minimum atomic E-state index is -5.27. The van der Waals surface area contributed by atoms with Crippen molar-refractivity contribution >= 4 is 98.3 Å². The molecular formula is C51H37Cl5F8N10O11. The van der Waals surface area contributed by atoms with Gasteiger partial charge in [0.2, 0.25) is 11.8 Å². The molecule has 3 aromatic heterocycles. The first kappa shape index (κ1) is 67.1. The maximum atomic E-state index is 13.1. The van der Waals surface area contributed by atoms with Crippen LogP contribution in [0.1, 0.15) is 57.2 Å². The van der Waals surface area contributed by atoms with Crippen molar-refractivity contribution in [2.75, 3.05) is 26.6 Å². The van der Waals surface area contributed by atoms with Crippen molar-refractivity contribution in [3.05, 3.63) is 188 Å². The van der Waals surface area contributed by atoms with Gasteiger partial charge >= 0.3 is 29.7 Å². The molecule has 1 N–H and O–H groups in total. The number of halogens is 13. The van der Waals surface area contributed by atoms with Crippen LogP contribution >= 0.6 is 58.0 Å². The molecule has 0 aliphatic carbocycles. The van der Waals surface area contributed by atoms with E-state index in [4.69, 9.17) is 81.8 Å². The first-order valence-corrected chi connectivity index (χ1v) is 25.0. The second-order valence-electron chi connectivity index (χ2n) is 16.5. The molecule has 0 aliphatic heterocycles. The molecule has 34 heteroatoms. The average Bonchev–Trinajstić information content (AvgIpc) is 3.28. The zero-order valence-corrected chi connectivity index (χ0v) is 47.4. The van der Waals surface area contributed by atoms with Crippen molar-refractivity contribution in [3.8, 4) is 29.3 Å². The zero-order chi connectivity index (χ0) is 63.2. The van der Waals surface area contributed by atoms with Crippen LogP contribution in [0.3, 0.4) is 0 Å². The molecule has 85 heavy (non-hydrogen) atoms. The number of aromatic nitrogens is 5. The van der Waals surface area contributed by atoms with Gasteiger partial charge < -0.3 is 24.3 Å². The third-order valence-electron chi connectivity index (χ3n) is 10.9. The van der Waals surface area contributed by atoms with Gasteiger partial charge in [-0.05, 0) is 55.3 Å². The van der Waals surface area contributed by atoms with Crippen LogP contribution in [-0.2, 0) is 44.9 Å². The molecule has 4 aromatic carbocycles. The molecule has 0 aliphatic rings. The molecule has 1 amide bonds. The quantitative estimate of drug-likeness (QED) is 0.0222. The summed E-state index contributed by atoms with van der Waals surface area (Å²) in [5, 5.41) is 37.0. The van der Waals surface area contributed by atoms with Gasteiger partial charge in [-0.2, -0.15) is 36.7 Å². The lowest BCUT2D eigenvalue weighted by atomic mass is 10.1. The van der Waals surface area contributed by atoms with Crippen molar-refractivity contribution in [3.63, 3.8) is 0 Å². The van der Waals surface area contributed by atoms with Crippen molar-refractivity contribution in [2.45, 2.75) is 38.2 Å². The number of nitrogens with zero attached hydrogens (tertiary/aromatic N) is 9. The highest BCUT2D eigenvalue weighted by atomic mass is 35.5. The number of benzene rings is 4. The summed E-state index contributed by atoms with van der Waals surface area (Å²) in [6, 6.07) is 20.0. The molecule has 0 saturated carbocycles. The van der Waals surface area contributed by atoms with Crippen LogP contribution in [0.5, 0.6) is 23.3 Å². The second-order valence-corrected chi connectivity index (χ2v) is 18.6. The number of carbonyl (C=O) groups is 2. The van der Waals surface area contributed by atoms with E-state index >= 15 is 0 Å². The Kier molecular flexibility index (Phi) is 23.1. The highest BCUT2D eigenvalue weighted by molar-refractivity contribution is 6.39. The molecule has 7 aromatic rings. The molecule has 0 fully saturated rings. The van der Waals surface area contributed by atoms with E-state index in [9.17, 15) is 70.2 Å².